The predicted octanol–water partition coefficient (Wildman–Crippen LogP) is 0.704. The molecule has 16 heavy (non-hydrogen) atoms. The molecule has 1 aliphatic heterocycles. The highest BCUT2D eigenvalue weighted by molar-refractivity contribution is 7.85. The van der Waals surface area contributed by atoms with Crippen LogP contribution in [0.5, 0.6) is 0 Å². The lowest BCUT2D eigenvalue weighted by molar-refractivity contribution is 0.199. The van der Waals surface area contributed by atoms with Gasteiger partial charge >= 0.3 is 0 Å². The van der Waals surface area contributed by atoms with E-state index in [1.807, 2.05) is 12.1 Å². The number of hydrogen-bond donors (Lipinski definition) is 1. The van der Waals surface area contributed by atoms with Gasteiger partial charge in [0, 0.05) is 41.6 Å². The van der Waals surface area contributed by atoms with E-state index in [4.69, 9.17) is 0 Å². The van der Waals surface area contributed by atoms with Crippen molar-refractivity contribution >= 4 is 16.6 Å². The summed E-state index contributed by atoms with van der Waals surface area (Å²) in [6.07, 6.45) is 1.24. The minimum absolute atomic E-state index is 0.472. The molecule has 1 saturated heterocycles. The average Bonchev–Trinajstić information content (AvgIpc) is 2.30. The largest absolute Gasteiger partial charge is 0.389 e. The van der Waals surface area contributed by atoms with Gasteiger partial charge in [-0.15, -0.1) is 0 Å². The fourth-order valence-corrected chi connectivity index (χ4v) is 2.79. The quantitative estimate of drug-likeness (QED) is 0.827. The summed E-state index contributed by atoms with van der Waals surface area (Å²) < 4.78 is 11.2. The molecule has 0 saturated carbocycles. The van der Waals surface area contributed by atoms with Crippen LogP contribution in [0, 0.1) is 0 Å². The lowest BCUT2D eigenvalue weighted by atomic mass is 10.1. The molecule has 1 aromatic rings. The number of aromatic nitrogens is 1. The zero-order valence-electron chi connectivity index (χ0n) is 9.30. The minimum atomic E-state index is -0.668. The number of pyridine rings is 1. The van der Waals surface area contributed by atoms with E-state index < -0.39 is 16.9 Å². The van der Waals surface area contributed by atoms with Crippen LogP contribution in [0.4, 0.5) is 5.82 Å². The molecule has 4 nitrogen and oxygen atoms in total. The number of rotatable bonds is 2. The third-order valence-electron chi connectivity index (χ3n) is 2.75. The molecule has 0 spiro atoms. The Morgan fingerprint density at radius 2 is 2.19 bits per heavy atom. The van der Waals surface area contributed by atoms with Gasteiger partial charge in [0.2, 0.25) is 0 Å². The van der Waals surface area contributed by atoms with E-state index in [1.165, 1.54) is 0 Å². The molecule has 5 heteroatoms. The Morgan fingerprint density at radius 1 is 1.50 bits per heavy atom. The van der Waals surface area contributed by atoms with Crippen LogP contribution in [0.1, 0.15) is 18.6 Å². The first-order chi connectivity index (χ1) is 7.66. The van der Waals surface area contributed by atoms with Gasteiger partial charge in [-0.3, -0.25) is 4.21 Å². The number of aliphatic hydroxyl groups excluding tert-OH is 1. The first-order valence-electron chi connectivity index (χ1n) is 5.41. The van der Waals surface area contributed by atoms with Gasteiger partial charge in [0.1, 0.15) is 5.82 Å². The number of nitrogens with zero attached hydrogens (tertiary/aromatic N) is 2. The van der Waals surface area contributed by atoms with Crippen molar-refractivity contribution in [1.29, 1.82) is 0 Å². The van der Waals surface area contributed by atoms with E-state index in [0.29, 0.717) is 11.5 Å². The Balaban J connectivity index is 2.14. The molecule has 1 fully saturated rings. The SMILES string of the molecule is C[C@H](O)c1ccnc(N2CCS(=O)CC2)c1. The standard InChI is InChI=1S/C11H16N2O2S/c1-9(14)10-2-3-12-11(8-10)13-4-6-16(15)7-5-13/h2-3,8-9,14H,4-7H2,1H3/t9-/m0/s1. The maximum Gasteiger partial charge on any atom is 0.128 e. The van der Waals surface area contributed by atoms with Crippen LogP contribution in [-0.2, 0) is 10.8 Å². The molecule has 0 unspecified atom stereocenters. The Morgan fingerprint density at radius 3 is 2.81 bits per heavy atom. The van der Waals surface area contributed by atoms with E-state index in [2.05, 4.69) is 9.88 Å². The molecule has 0 aromatic carbocycles. The van der Waals surface area contributed by atoms with Crippen LogP contribution < -0.4 is 4.90 Å². The highest BCUT2D eigenvalue weighted by atomic mass is 32.2. The summed E-state index contributed by atoms with van der Waals surface area (Å²) in [7, 11) is -0.668. The van der Waals surface area contributed by atoms with Gasteiger partial charge in [0.15, 0.2) is 0 Å². The molecule has 0 amide bonds. The van der Waals surface area contributed by atoms with Gasteiger partial charge in [0.05, 0.1) is 6.10 Å². The lowest BCUT2D eigenvalue weighted by Gasteiger charge is -2.27. The molecule has 1 aromatic heterocycles. The Labute approximate surface area is 97.8 Å². The van der Waals surface area contributed by atoms with E-state index in [1.54, 1.807) is 13.1 Å². The van der Waals surface area contributed by atoms with Crippen molar-refractivity contribution in [3.8, 4) is 0 Å². The van der Waals surface area contributed by atoms with Crippen LogP contribution in [0.3, 0.4) is 0 Å². The molecule has 88 valence electrons. The fraction of sp³-hybridized carbons (Fsp3) is 0.545. The van der Waals surface area contributed by atoms with Gasteiger partial charge in [0.25, 0.3) is 0 Å². The van der Waals surface area contributed by atoms with E-state index in [-0.39, 0.29) is 0 Å². The second kappa shape index (κ2) is 4.93. The predicted molar refractivity (Wildman–Crippen MR) is 65.0 cm³/mol. The van der Waals surface area contributed by atoms with Gasteiger partial charge in [-0.05, 0) is 24.6 Å². The van der Waals surface area contributed by atoms with Gasteiger partial charge in [-0.1, -0.05) is 0 Å². The highest BCUT2D eigenvalue weighted by Crippen LogP contribution is 2.18. The molecular weight excluding hydrogens is 224 g/mol. The summed E-state index contributed by atoms with van der Waals surface area (Å²) in [5, 5.41) is 9.49. The molecule has 0 radical (unpaired) electrons. The molecule has 0 bridgehead atoms. The topological polar surface area (TPSA) is 53.4 Å². The van der Waals surface area contributed by atoms with E-state index >= 15 is 0 Å². The molecule has 1 atom stereocenters. The maximum absolute atomic E-state index is 11.2. The molecule has 2 heterocycles. The zero-order chi connectivity index (χ0) is 11.5. The molecule has 1 aliphatic rings. The summed E-state index contributed by atoms with van der Waals surface area (Å²) >= 11 is 0. The van der Waals surface area contributed by atoms with Crippen LogP contribution in [0.15, 0.2) is 18.3 Å². The van der Waals surface area contributed by atoms with E-state index in [0.717, 1.165) is 24.5 Å². The Kier molecular flexibility index (Phi) is 3.56. The third kappa shape index (κ3) is 2.59. The van der Waals surface area contributed by atoms with Gasteiger partial charge < -0.3 is 10.0 Å². The summed E-state index contributed by atoms with van der Waals surface area (Å²) in [6, 6.07) is 3.72. The van der Waals surface area contributed by atoms with Crippen molar-refractivity contribution in [2.24, 2.45) is 0 Å². The highest BCUT2D eigenvalue weighted by Gasteiger charge is 2.16. The molecular formula is C11H16N2O2S. The first kappa shape index (κ1) is 11.5. The summed E-state index contributed by atoms with van der Waals surface area (Å²) in [4.78, 5) is 6.40. The van der Waals surface area contributed by atoms with Crippen molar-refractivity contribution in [3.63, 3.8) is 0 Å². The number of aliphatic hydroxyl groups is 1. The molecule has 2 rings (SSSR count). The molecule has 1 N–H and O–H groups in total. The average molecular weight is 240 g/mol. The number of hydrogen-bond acceptors (Lipinski definition) is 4. The van der Waals surface area contributed by atoms with Crippen molar-refractivity contribution in [2.45, 2.75) is 13.0 Å². The van der Waals surface area contributed by atoms with Gasteiger partial charge in [-0.2, -0.15) is 0 Å². The van der Waals surface area contributed by atoms with Crippen LogP contribution in [0.25, 0.3) is 0 Å². The Bertz CT molecular complexity index is 385. The second-order valence-corrected chi connectivity index (χ2v) is 5.65. The van der Waals surface area contributed by atoms with Crippen LogP contribution >= 0.6 is 0 Å². The zero-order valence-corrected chi connectivity index (χ0v) is 10.1. The first-order valence-corrected chi connectivity index (χ1v) is 6.89. The van der Waals surface area contributed by atoms with Crippen LogP contribution in [0.2, 0.25) is 0 Å². The second-order valence-electron chi connectivity index (χ2n) is 3.96. The normalized spacial score (nSPS) is 19.8. The van der Waals surface area contributed by atoms with Gasteiger partial charge in [-0.25, -0.2) is 4.98 Å². The monoisotopic (exact) mass is 240 g/mol. The lowest BCUT2D eigenvalue weighted by Crippen LogP contribution is -2.38. The minimum Gasteiger partial charge on any atom is -0.389 e. The maximum atomic E-state index is 11.2. The van der Waals surface area contributed by atoms with Crippen molar-refractivity contribution < 1.29 is 9.32 Å². The Hall–Kier alpha value is -0.940. The fourth-order valence-electron chi connectivity index (χ4n) is 1.73. The summed E-state index contributed by atoms with van der Waals surface area (Å²) in [6.45, 7) is 3.30. The van der Waals surface area contributed by atoms with Crippen molar-refractivity contribution in [1.82, 2.24) is 4.98 Å². The third-order valence-corrected chi connectivity index (χ3v) is 4.03. The smallest absolute Gasteiger partial charge is 0.128 e. The van der Waals surface area contributed by atoms with Crippen molar-refractivity contribution in [3.05, 3.63) is 23.9 Å². The summed E-state index contributed by atoms with van der Waals surface area (Å²) in [5.41, 5.74) is 0.872. The number of anilines is 1. The van der Waals surface area contributed by atoms with E-state index in [9.17, 15) is 9.32 Å². The van der Waals surface area contributed by atoms with Crippen molar-refractivity contribution in [2.75, 3.05) is 29.5 Å². The summed E-state index contributed by atoms with van der Waals surface area (Å²) in [5.74, 6) is 2.29. The molecule has 0 aliphatic carbocycles. The van der Waals surface area contributed by atoms with Crippen LogP contribution in [-0.4, -0.2) is 38.9 Å².